The molecule has 0 aliphatic heterocycles. The van der Waals surface area contributed by atoms with Gasteiger partial charge in [-0.05, 0) is 24.5 Å². The Balaban J connectivity index is 2.14. The number of carbonyl (C=O) groups excluding carboxylic acids is 1. The Morgan fingerprint density at radius 1 is 1.21 bits per heavy atom. The molecule has 0 aliphatic rings. The SMILES string of the molecule is C=CCC(CC=C)C(=O)NC(Cc1c[nH]c2ccccc12)C(=O)O. The molecule has 1 aromatic heterocycles. The molecule has 0 saturated heterocycles. The summed E-state index contributed by atoms with van der Waals surface area (Å²) in [5.74, 6) is -1.68. The third-order valence-electron chi connectivity index (χ3n) is 3.99. The predicted octanol–water partition coefficient (Wildman–Crippen LogP) is 3.05. The lowest BCUT2D eigenvalue weighted by atomic mass is 9.99. The molecule has 0 bridgehead atoms. The van der Waals surface area contributed by atoms with E-state index in [1.165, 1.54) is 0 Å². The Bertz CT molecular complexity index is 738. The standard InChI is InChI=1S/C19H22N2O3/c1-3-7-13(8-4-2)18(22)21-17(19(23)24)11-14-12-20-16-10-6-5-9-15(14)16/h3-6,9-10,12-13,17,20H,1-2,7-8,11H2,(H,21,22)(H,23,24). The maximum Gasteiger partial charge on any atom is 0.326 e. The number of carbonyl (C=O) groups is 2. The van der Waals surface area contributed by atoms with Crippen LogP contribution in [0.2, 0.25) is 0 Å². The van der Waals surface area contributed by atoms with Gasteiger partial charge in [0.15, 0.2) is 0 Å². The number of rotatable bonds is 9. The molecule has 1 heterocycles. The van der Waals surface area contributed by atoms with Crippen LogP contribution in [0.25, 0.3) is 10.9 Å². The fraction of sp³-hybridized carbons (Fsp3) is 0.263. The van der Waals surface area contributed by atoms with Crippen molar-refractivity contribution in [3.63, 3.8) is 0 Å². The van der Waals surface area contributed by atoms with Gasteiger partial charge in [-0.25, -0.2) is 4.79 Å². The third kappa shape index (κ3) is 4.13. The smallest absolute Gasteiger partial charge is 0.326 e. The normalized spacial score (nSPS) is 12.0. The first-order valence-electron chi connectivity index (χ1n) is 7.86. The number of aromatic amines is 1. The Morgan fingerprint density at radius 2 is 1.88 bits per heavy atom. The van der Waals surface area contributed by atoms with Crippen LogP contribution in [0, 0.1) is 5.92 Å². The first-order valence-corrected chi connectivity index (χ1v) is 7.86. The van der Waals surface area contributed by atoms with Gasteiger partial charge in [0.05, 0.1) is 0 Å². The van der Waals surface area contributed by atoms with Gasteiger partial charge in [-0.3, -0.25) is 4.79 Å². The Hall–Kier alpha value is -2.82. The van der Waals surface area contributed by atoms with Gasteiger partial charge in [0.25, 0.3) is 0 Å². The summed E-state index contributed by atoms with van der Waals surface area (Å²) >= 11 is 0. The summed E-state index contributed by atoms with van der Waals surface area (Å²) in [4.78, 5) is 27.0. The number of aromatic nitrogens is 1. The zero-order valence-corrected chi connectivity index (χ0v) is 13.5. The molecule has 126 valence electrons. The van der Waals surface area contributed by atoms with Crippen molar-refractivity contribution in [3.8, 4) is 0 Å². The highest BCUT2D eigenvalue weighted by molar-refractivity contribution is 5.87. The van der Waals surface area contributed by atoms with Crippen LogP contribution in [0.3, 0.4) is 0 Å². The summed E-state index contributed by atoms with van der Waals surface area (Å²) in [7, 11) is 0. The number of benzene rings is 1. The first-order chi connectivity index (χ1) is 11.6. The molecule has 3 N–H and O–H groups in total. The number of carboxylic acid groups (broad SMARTS) is 1. The average Bonchev–Trinajstić information content (AvgIpc) is 2.97. The van der Waals surface area contributed by atoms with E-state index in [0.29, 0.717) is 12.8 Å². The van der Waals surface area contributed by atoms with E-state index in [1.54, 1.807) is 18.3 Å². The molecule has 2 aromatic rings. The Kier molecular flexibility index (Phi) is 5.95. The molecule has 0 radical (unpaired) electrons. The molecule has 24 heavy (non-hydrogen) atoms. The number of H-pyrrole nitrogens is 1. The van der Waals surface area contributed by atoms with Crippen molar-refractivity contribution in [2.75, 3.05) is 0 Å². The maximum absolute atomic E-state index is 12.4. The number of para-hydroxylation sites is 1. The third-order valence-corrected chi connectivity index (χ3v) is 3.99. The van der Waals surface area contributed by atoms with Gasteiger partial charge in [0.2, 0.25) is 5.91 Å². The van der Waals surface area contributed by atoms with E-state index in [2.05, 4.69) is 23.5 Å². The summed E-state index contributed by atoms with van der Waals surface area (Å²) < 4.78 is 0. The number of amides is 1. The van der Waals surface area contributed by atoms with E-state index in [9.17, 15) is 14.7 Å². The van der Waals surface area contributed by atoms with Crippen LogP contribution in [0.1, 0.15) is 18.4 Å². The lowest BCUT2D eigenvalue weighted by Gasteiger charge is -2.18. The van der Waals surface area contributed by atoms with E-state index in [-0.39, 0.29) is 18.2 Å². The van der Waals surface area contributed by atoms with Gasteiger partial charge in [0.1, 0.15) is 6.04 Å². The zero-order valence-electron chi connectivity index (χ0n) is 13.5. The van der Waals surface area contributed by atoms with Crippen molar-refractivity contribution < 1.29 is 14.7 Å². The molecule has 5 heteroatoms. The second kappa shape index (κ2) is 8.15. The topological polar surface area (TPSA) is 82.2 Å². The largest absolute Gasteiger partial charge is 0.480 e. The minimum absolute atomic E-state index is 0.222. The van der Waals surface area contributed by atoms with E-state index < -0.39 is 12.0 Å². The second-order valence-electron chi connectivity index (χ2n) is 5.71. The molecule has 1 atom stereocenters. The van der Waals surface area contributed by atoms with Crippen molar-refractivity contribution in [3.05, 3.63) is 61.3 Å². The van der Waals surface area contributed by atoms with Gasteiger partial charge >= 0.3 is 5.97 Å². The van der Waals surface area contributed by atoms with Crippen LogP contribution in [0.15, 0.2) is 55.8 Å². The van der Waals surface area contributed by atoms with Crippen LogP contribution in [0.4, 0.5) is 0 Å². The first kappa shape index (κ1) is 17.5. The van der Waals surface area contributed by atoms with Crippen LogP contribution in [-0.2, 0) is 16.0 Å². The van der Waals surface area contributed by atoms with Crippen LogP contribution in [0.5, 0.6) is 0 Å². The number of nitrogens with one attached hydrogen (secondary N) is 2. The number of hydrogen-bond donors (Lipinski definition) is 3. The molecule has 1 amide bonds. The quantitative estimate of drug-likeness (QED) is 0.619. The lowest BCUT2D eigenvalue weighted by molar-refractivity contribution is -0.142. The molecule has 0 aliphatic carbocycles. The molecule has 0 fully saturated rings. The van der Waals surface area contributed by atoms with Crippen molar-refractivity contribution in [1.82, 2.24) is 10.3 Å². The number of hydrogen-bond acceptors (Lipinski definition) is 2. The Morgan fingerprint density at radius 3 is 2.50 bits per heavy atom. The molecule has 0 spiro atoms. The van der Waals surface area contributed by atoms with Crippen molar-refractivity contribution in [2.24, 2.45) is 5.92 Å². The van der Waals surface area contributed by atoms with E-state index in [1.807, 2.05) is 24.3 Å². The molecule has 2 rings (SSSR count). The molecule has 5 nitrogen and oxygen atoms in total. The van der Waals surface area contributed by atoms with Crippen molar-refractivity contribution >= 4 is 22.8 Å². The zero-order chi connectivity index (χ0) is 17.5. The van der Waals surface area contributed by atoms with E-state index in [4.69, 9.17) is 0 Å². The molecule has 1 unspecified atom stereocenters. The number of allylic oxidation sites excluding steroid dienone is 2. The maximum atomic E-state index is 12.4. The summed E-state index contributed by atoms with van der Waals surface area (Å²) in [5.41, 5.74) is 1.81. The summed E-state index contributed by atoms with van der Waals surface area (Å²) in [6, 6.07) is 6.69. The van der Waals surface area contributed by atoms with Gasteiger partial charge in [-0.2, -0.15) is 0 Å². The number of aliphatic carboxylic acids is 1. The van der Waals surface area contributed by atoms with E-state index >= 15 is 0 Å². The van der Waals surface area contributed by atoms with Crippen LogP contribution >= 0.6 is 0 Å². The molecule has 0 saturated carbocycles. The number of carboxylic acids is 1. The van der Waals surface area contributed by atoms with Gasteiger partial charge in [0, 0.05) is 29.4 Å². The van der Waals surface area contributed by atoms with Crippen LogP contribution < -0.4 is 5.32 Å². The monoisotopic (exact) mass is 326 g/mol. The average molecular weight is 326 g/mol. The molecule has 1 aromatic carbocycles. The lowest BCUT2D eigenvalue weighted by Crippen LogP contribution is -2.44. The van der Waals surface area contributed by atoms with Gasteiger partial charge < -0.3 is 15.4 Å². The van der Waals surface area contributed by atoms with Crippen molar-refractivity contribution in [2.45, 2.75) is 25.3 Å². The fourth-order valence-electron chi connectivity index (χ4n) is 2.72. The Labute approximate surface area is 141 Å². The molecular formula is C19H22N2O3. The van der Waals surface area contributed by atoms with Crippen LogP contribution in [-0.4, -0.2) is 28.0 Å². The fourth-order valence-corrected chi connectivity index (χ4v) is 2.72. The second-order valence-corrected chi connectivity index (χ2v) is 5.71. The predicted molar refractivity (Wildman–Crippen MR) is 94.7 cm³/mol. The number of fused-ring (bicyclic) bond motifs is 1. The van der Waals surface area contributed by atoms with E-state index in [0.717, 1.165) is 16.5 Å². The van der Waals surface area contributed by atoms with Crippen molar-refractivity contribution in [1.29, 1.82) is 0 Å². The van der Waals surface area contributed by atoms with Gasteiger partial charge in [-0.15, -0.1) is 13.2 Å². The van der Waals surface area contributed by atoms with Gasteiger partial charge in [-0.1, -0.05) is 30.4 Å². The summed E-state index contributed by atoms with van der Waals surface area (Å²) in [5, 5.41) is 13.1. The minimum atomic E-state index is -1.05. The highest BCUT2D eigenvalue weighted by atomic mass is 16.4. The molecular weight excluding hydrogens is 304 g/mol. The summed E-state index contributed by atoms with van der Waals surface area (Å²) in [6.07, 6.45) is 6.29. The highest BCUT2D eigenvalue weighted by Gasteiger charge is 2.25. The highest BCUT2D eigenvalue weighted by Crippen LogP contribution is 2.19. The summed E-state index contributed by atoms with van der Waals surface area (Å²) in [6.45, 7) is 7.28. The minimum Gasteiger partial charge on any atom is -0.480 e.